The van der Waals surface area contributed by atoms with Gasteiger partial charge in [-0.2, -0.15) is 0 Å². The average Bonchev–Trinajstić information content (AvgIpc) is 2.65. The summed E-state index contributed by atoms with van der Waals surface area (Å²) in [6.45, 7) is 3.49. The van der Waals surface area contributed by atoms with Crippen LogP contribution in [0, 0.1) is 5.92 Å². The van der Waals surface area contributed by atoms with Crippen LogP contribution in [0.25, 0.3) is 0 Å². The molecule has 1 aliphatic carbocycles. The topological polar surface area (TPSA) is 32.3 Å². The van der Waals surface area contributed by atoms with Crippen molar-refractivity contribution in [2.75, 3.05) is 19.6 Å². The minimum atomic E-state index is 0.108. The molecule has 1 aromatic rings. The maximum atomic E-state index is 12.5. The smallest absolute Gasteiger partial charge is 0.224 e. The summed E-state index contributed by atoms with van der Waals surface area (Å²) in [4.78, 5) is 14.9. The lowest BCUT2D eigenvalue weighted by Crippen LogP contribution is -2.43. The Balaban J connectivity index is 1.44. The van der Waals surface area contributed by atoms with Crippen molar-refractivity contribution in [1.82, 2.24) is 10.2 Å². The number of nitrogens with one attached hydrogen (secondary N) is 1. The van der Waals surface area contributed by atoms with E-state index < -0.39 is 0 Å². The molecular formula is C21H29ClN2O. The van der Waals surface area contributed by atoms with E-state index in [-0.39, 0.29) is 11.8 Å². The number of piperidine rings is 1. The van der Waals surface area contributed by atoms with E-state index in [9.17, 15) is 4.79 Å². The number of nitrogens with zero attached hydrogens (tertiary/aromatic N) is 1. The quantitative estimate of drug-likeness (QED) is 0.754. The van der Waals surface area contributed by atoms with Crippen LogP contribution in [0.2, 0.25) is 5.02 Å². The molecule has 1 aliphatic heterocycles. The van der Waals surface area contributed by atoms with Gasteiger partial charge in [0.1, 0.15) is 0 Å². The predicted octanol–water partition coefficient (Wildman–Crippen LogP) is 4.56. The fraction of sp³-hybridized carbons (Fsp3) is 0.571. The summed E-state index contributed by atoms with van der Waals surface area (Å²) in [6, 6.07) is 7.99. The maximum Gasteiger partial charge on any atom is 0.224 e. The van der Waals surface area contributed by atoms with Crippen LogP contribution < -0.4 is 5.32 Å². The van der Waals surface area contributed by atoms with Crippen LogP contribution in [0.3, 0.4) is 0 Å². The summed E-state index contributed by atoms with van der Waals surface area (Å²) in [5.41, 5.74) is 2.67. The zero-order chi connectivity index (χ0) is 17.5. The van der Waals surface area contributed by atoms with E-state index >= 15 is 0 Å². The Labute approximate surface area is 156 Å². The summed E-state index contributed by atoms with van der Waals surface area (Å²) in [6.07, 6.45) is 10.5. The summed E-state index contributed by atoms with van der Waals surface area (Å²) in [7, 11) is 0. The molecule has 3 rings (SSSR count). The number of hydrogen-bond acceptors (Lipinski definition) is 2. The number of amides is 1. The van der Waals surface area contributed by atoms with Crippen molar-refractivity contribution < 1.29 is 4.79 Å². The number of likely N-dealkylation sites (tertiary alicyclic amines) is 1. The fourth-order valence-electron chi connectivity index (χ4n) is 3.90. The molecule has 1 N–H and O–H groups in total. The third-order valence-electron chi connectivity index (χ3n) is 5.36. The molecule has 1 saturated heterocycles. The Bertz CT molecular complexity index is 614. The summed E-state index contributed by atoms with van der Waals surface area (Å²) in [5.74, 6) is 0.330. The molecule has 136 valence electrons. The molecule has 25 heavy (non-hydrogen) atoms. The van der Waals surface area contributed by atoms with E-state index in [2.05, 4.69) is 22.4 Å². The Morgan fingerprint density at radius 3 is 2.92 bits per heavy atom. The standard InChI is InChI=1S/C21H29ClN2O/c22-20-11-5-4-9-18(20)15-24-14-6-10-19(16-24)21(25)23-13-12-17-7-2-1-3-8-17/h4-5,7,9,11,19H,1-3,6,8,10,12-16H2,(H,23,25). The highest BCUT2D eigenvalue weighted by atomic mass is 35.5. The molecule has 0 saturated carbocycles. The molecule has 3 nitrogen and oxygen atoms in total. The Morgan fingerprint density at radius 1 is 1.24 bits per heavy atom. The number of allylic oxidation sites excluding steroid dienone is 1. The summed E-state index contributed by atoms with van der Waals surface area (Å²) in [5, 5.41) is 3.98. The van der Waals surface area contributed by atoms with E-state index in [1.54, 1.807) is 0 Å². The van der Waals surface area contributed by atoms with Gasteiger partial charge in [-0.3, -0.25) is 9.69 Å². The highest BCUT2D eigenvalue weighted by Gasteiger charge is 2.25. The van der Waals surface area contributed by atoms with E-state index in [0.717, 1.165) is 56.0 Å². The van der Waals surface area contributed by atoms with Gasteiger partial charge in [0.2, 0.25) is 5.91 Å². The van der Waals surface area contributed by atoms with Crippen LogP contribution in [0.1, 0.15) is 50.5 Å². The number of halogens is 1. The van der Waals surface area contributed by atoms with Crippen LogP contribution in [0.4, 0.5) is 0 Å². The molecule has 2 aliphatic rings. The molecule has 4 heteroatoms. The van der Waals surface area contributed by atoms with Gasteiger partial charge in [-0.25, -0.2) is 0 Å². The van der Waals surface area contributed by atoms with Crippen molar-refractivity contribution in [2.24, 2.45) is 5.92 Å². The van der Waals surface area contributed by atoms with Gasteiger partial charge >= 0.3 is 0 Å². The van der Waals surface area contributed by atoms with Gasteiger partial charge < -0.3 is 5.32 Å². The summed E-state index contributed by atoms with van der Waals surface area (Å²) >= 11 is 6.27. The summed E-state index contributed by atoms with van der Waals surface area (Å²) < 4.78 is 0. The van der Waals surface area contributed by atoms with Crippen LogP contribution in [0.15, 0.2) is 35.9 Å². The average molecular weight is 361 g/mol. The number of carbonyl (C=O) groups is 1. The third kappa shape index (κ3) is 5.58. The fourth-order valence-corrected chi connectivity index (χ4v) is 4.10. The Morgan fingerprint density at radius 2 is 2.12 bits per heavy atom. The van der Waals surface area contributed by atoms with Gasteiger partial charge in [-0.1, -0.05) is 41.4 Å². The molecule has 0 aromatic heterocycles. The monoisotopic (exact) mass is 360 g/mol. The second-order valence-electron chi connectivity index (χ2n) is 7.31. The van der Waals surface area contributed by atoms with Gasteiger partial charge in [0, 0.05) is 24.7 Å². The molecule has 1 fully saturated rings. The predicted molar refractivity (Wildman–Crippen MR) is 104 cm³/mol. The van der Waals surface area contributed by atoms with Crippen LogP contribution >= 0.6 is 11.6 Å². The van der Waals surface area contributed by atoms with Gasteiger partial charge in [0.25, 0.3) is 0 Å². The molecule has 1 unspecified atom stereocenters. The van der Waals surface area contributed by atoms with Gasteiger partial charge in [-0.15, -0.1) is 0 Å². The molecule has 1 heterocycles. The van der Waals surface area contributed by atoms with Crippen molar-refractivity contribution in [3.63, 3.8) is 0 Å². The lowest BCUT2D eigenvalue weighted by molar-refractivity contribution is -0.126. The molecule has 1 atom stereocenters. The van der Waals surface area contributed by atoms with E-state index in [0.29, 0.717) is 0 Å². The van der Waals surface area contributed by atoms with Crippen molar-refractivity contribution in [3.05, 3.63) is 46.5 Å². The van der Waals surface area contributed by atoms with Crippen LogP contribution in [-0.2, 0) is 11.3 Å². The second-order valence-corrected chi connectivity index (χ2v) is 7.72. The number of carbonyl (C=O) groups excluding carboxylic acids is 1. The molecule has 0 spiro atoms. The highest BCUT2D eigenvalue weighted by Crippen LogP contribution is 2.23. The first-order chi connectivity index (χ1) is 12.2. The number of benzene rings is 1. The SMILES string of the molecule is O=C(NCCC1=CCCCC1)C1CCCN(Cc2ccccc2Cl)C1. The molecule has 0 radical (unpaired) electrons. The lowest BCUT2D eigenvalue weighted by atomic mass is 9.95. The van der Waals surface area contributed by atoms with Gasteiger partial charge in [-0.05, 0) is 63.1 Å². The maximum absolute atomic E-state index is 12.5. The van der Waals surface area contributed by atoms with Crippen LogP contribution in [-0.4, -0.2) is 30.4 Å². The minimum Gasteiger partial charge on any atom is -0.356 e. The number of hydrogen-bond donors (Lipinski definition) is 1. The highest BCUT2D eigenvalue weighted by molar-refractivity contribution is 6.31. The number of rotatable bonds is 6. The molecule has 1 amide bonds. The van der Waals surface area contributed by atoms with Crippen molar-refractivity contribution in [3.8, 4) is 0 Å². The molecule has 0 bridgehead atoms. The normalized spacial score (nSPS) is 21.6. The Hall–Kier alpha value is -1.32. The van der Waals surface area contributed by atoms with Crippen molar-refractivity contribution >= 4 is 17.5 Å². The second kappa shape index (κ2) is 9.40. The lowest BCUT2D eigenvalue weighted by Gasteiger charge is -2.32. The van der Waals surface area contributed by atoms with Crippen LogP contribution in [0.5, 0.6) is 0 Å². The first-order valence-electron chi connectivity index (χ1n) is 9.64. The largest absolute Gasteiger partial charge is 0.356 e. The molecular weight excluding hydrogens is 332 g/mol. The van der Waals surface area contributed by atoms with E-state index in [1.165, 1.54) is 31.3 Å². The van der Waals surface area contributed by atoms with Gasteiger partial charge in [0.15, 0.2) is 0 Å². The third-order valence-corrected chi connectivity index (χ3v) is 5.73. The zero-order valence-corrected chi connectivity index (χ0v) is 15.7. The first-order valence-corrected chi connectivity index (χ1v) is 10.0. The van der Waals surface area contributed by atoms with E-state index in [4.69, 9.17) is 11.6 Å². The van der Waals surface area contributed by atoms with Crippen molar-refractivity contribution in [2.45, 2.75) is 51.5 Å². The first kappa shape index (κ1) is 18.5. The minimum absolute atomic E-state index is 0.108. The Kier molecular flexibility index (Phi) is 6.94. The van der Waals surface area contributed by atoms with E-state index in [1.807, 2.05) is 18.2 Å². The van der Waals surface area contributed by atoms with Gasteiger partial charge in [0.05, 0.1) is 5.92 Å². The molecule has 1 aromatic carbocycles. The zero-order valence-electron chi connectivity index (χ0n) is 15.0. The van der Waals surface area contributed by atoms with Crippen molar-refractivity contribution in [1.29, 1.82) is 0 Å².